The Morgan fingerprint density at radius 3 is 2.15 bits per heavy atom. The number of carbonyl (C=O) groups excluding carboxylic acids is 2. The molecule has 0 fully saturated rings. The number of carbonyl (C=O) groups is 2. The first-order chi connectivity index (χ1) is 18.8. The van der Waals surface area contributed by atoms with Crippen molar-refractivity contribution in [1.82, 2.24) is 4.72 Å². The number of nitrogens with one attached hydrogen (secondary N) is 2. The van der Waals surface area contributed by atoms with E-state index in [1.807, 2.05) is 13.0 Å². The van der Waals surface area contributed by atoms with Gasteiger partial charge in [-0.25, -0.2) is 8.42 Å². The number of ketones is 1. The third kappa shape index (κ3) is 7.32. The monoisotopic (exact) mass is 562 g/mol. The molecule has 0 radical (unpaired) electrons. The van der Waals surface area contributed by atoms with Gasteiger partial charge in [0.1, 0.15) is 11.8 Å². The SMILES string of the molecule is CCOc1ccc(S(=O)(=O)NC(Cc2ccccc2)C(=O)Nc2ccc(Cl)cc2C(=O)c2ccccc2)cc1. The fourth-order valence-electron chi connectivity index (χ4n) is 3.95. The highest BCUT2D eigenvalue weighted by Gasteiger charge is 2.27. The van der Waals surface area contributed by atoms with Crippen LogP contribution in [0, 0.1) is 0 Å². The highest BCUT2D eigenvalue weighted by atomic mass is 35.5. The van der Waals surface area contributed by atoms with E-state index in [1.54, 1.807) is 72.8 Å². The molecule has 2 N–H and O–H groups in total. The van der Waals surface area contributed by atoms with Gasteiger partial charge in [-0.15, -0.1) is 0 Å². The average molecular weight is 563 g/mol. The first kappa shape index (κ1) is 28.0. The van der Waals surface area contributed by atoms with Gasteiger partial charge in [0.15, 0.2) is 5.78 Å². The molecule has 7 nitrogen and oxygen atoms in total. The molecule has 4 aromatic rings. The van der Waals surface area contributed by atoms with E-state index < -0.39 is 22.0 Å². The largest absolute Gasteiger partial charge is 0.494 e. The molecule has 9 heteroatoms. The number of rotatable bonds is 11. The van der Waals surface area contributed by atoms with Crippen LogP contribution in [0.5, 0.6) is 5.75 Å². The molecular weight excluding hydrogens is 536 g/mol. The lowest BCUT2D eigenvalue weighted by molar-refractivity contribution is -0.117. The number of hydrogen-bond acceptors (Lipinski definition) is 5. The normalized spacial score (nSPS) is 11.9. The summed E-state index contributed by atoms with van der Waals surface area (Å²) in [6, 6.07) is 27.0. The number of ether oxygens (including phenoxy) is 1. The summed E-state index contributed by atoms with van der Waals surface area (Å²) in [5.41, 5.74) is 1.59. The smallest absolute Gasteiger partial charge is 0.242 e. The van der Waals surface area contributed by atoms with Crippen LogP contribution in [0.15, 0.2) is 108 Å². The Bertz CT molecular complexity index is 1540. The van der Waals surface area contributed by atoms with Crippen molar-refractivity contribution >= 4 is 39.0 Å². The molecule has 0 aliphatic carbocycles. The maximum absolute atomic E-state index is 13.6. The molecule has 0 spiro atoms. The van der Waals surface area contributed by atoms with Crippen LogP contribution in [-0.4, -0.2) is 32.8 Å². The van der Waals surface area contributed by atoms with Crippen LogP contribution in [0.2, 0.25) is 5.02 Å². The minimum absolute atomic E-state index is 0.0109. The molecule has 0 heterocycles. The van der Waals surface area contributed by atoms with Crippen LogP contribution in [0.4, 0.5) is 5.69 Å². The second-order valence-electron chi connectivity index (χ2n) is 8.64. The first-order valence-electron chi connectivity index (χ1n) is 12.3. The Kier molecular flexibility index (Phi) is 9.14. The van der Waals surface area contributed by atoms with Crippen molar-refractivity contribution in [2.45, 2.75) is 24.3 Å². The van der Waals surface area contributed by atoms with Crippen molar-refractivity contribution in [1.29, 1.82) is 0 Å². The zero-order valence-electron chi connectivity index (χ0n) is 21.1. The molecular formula is C30H27ClN2O5S. The standard InChI is InChI=1S/C30H27ClN2O5S/c1-2-38-24-14-16-25(17-15-24)39(36,37)33-28(19-21-9-5-3-6-10-21)30(35)32-27-18-13-23(31)20-26(27)29(34)22-11-7-4-8-12-22/h3-18,20,28,33H,2,19H2,1H3,(H,32,35). The molecule has 0 saturated carbocycles. The van der Waals surface area contributed by atoms with Crippen molar-refractivity contribution in [3.8, 4) is 5.75 Å². The van der Waals surface area contributed by atoms with E-state index in [0.29, 0.717) is 22.9 Å². The summed E-state index contributed by atoms with van der Waals surface area (Å²) in [5.74, 6) is -0.422. The van der Waals surface area contributed by atoms with E-state index in [0.717, 1.165) is 5.56 Å². The lowest BCUT2D eigenvalue weighted by Gasteiger charge is -2.20. The molecule has 1 atom stereocenters. The number of hydrogen-bond donors (Lipinski definition) is 2. The molecule has 0 bridgehead atoms. The Morgan fingerprint density at radius 1 is 0.872 bits per heavy atom. The summed E-state index contributed by atoms with van der Waals surface area (Å²) in [6.45, 7) is 2.28. The maximum Gasteiger partial charge on any atom is 0.242 e. The van der Waals surface area contributed by atoms with E-state index in [1.165, 1.54) is 24.3 Å². The lowest BCUT2D eigenvalue weighted by atomic mass is 10.0. The van der Waals surface area contributed by atoms with Crippen molar-refractivity contribution in [2.24, 2.45) is 0 Å². The summed E-state index contributed by atoms with van der Waals surface area (Å²) >= 11 is 6.18. The molecule has 0 aromatic heterocycles. The Balaban J connectivity index is 1.63. The third-order valence-electron chi connectivity index (χ3n) is 5.86. The number of amides is 1. The van der Waals surface area contributed by atoms with Crippen LogP contribution in [0.3, 0.4) is 0 Å². The van der Waals surface area contributed by atoms with Crippen molar-refractivity contribution in [2.75, 3.05) is 11.9 Å². The average Bonchev–Trinajstić information content (AvgIpc) is 2.94. The van der Waals surface area contributed by atoms with Gasteiger partial charge in [-0.3, -0.25) is 9.59 Å². The predicted molar refractivity (Wildman–Crippen MR) is 152 cm³/mol. The first-order valence-corrected chi connectivity index (χ1v) is 14.1. The Morgan fingerprint density at radius 2 is 1.51 bits per heavy atom. The van der Waals surface area contributed by atoms with E-state index in [4.69, 9.17) is 16.3 Å². The van der Waals surface area contributed by atoms with Gasteiger partial charge in [-0.2, -0.15) is 4.72 Å². The van der Waals surface area contributed by atoms with E-state index >= 15 is 0 Å². The quantitative estimate of drug-likeness (QED) is 0.235. The predicted octanol–water partition coefficient (Wildman–Crippen LogP) is 5.50. The number of benzene rings is 4. The highest BCUT2D eigenvalue weighted by Crippen LogP contribution is 2.25. The number of halogens is 1. The third-order valence-corrected chi connectivity index (χ3v) is 7.58. The minimum Gasteiger partial charge on any atom is -0.494 e. The van der Waals surface area contributed by atoms with E-state index in [9.17, 15) is 18.0 Å². The van der Waals surface area contributed by atoms with Crippen molar-refractivity contribution in [3.05, 3.63) is 125 Å². The summed E-state index contributed by atoms with van der Waals surface area (Å²) in [6.07, 6.45) is 0.0818. The van der Waals surface area contributed by atoms with Crippen LogP contribution >= 0.6 is 11.6 Å². The summed E-state index contributed by atoms with van der Waals surface area (Å²) in [5, 5.41) is 3.07. The molecule has 1 unspecified atom stereocenters. The summed E-state index contributed by atoms with van der Waals surface area (Å²) in [4.78, 5) is 26.8. The van der Waals surface area contributed by atoms with Gasteiger partial charge in [-0.1, -0.05) is 72.3 Å². The van der Waals surface area contributed by atoms with Gasteiger partial charge in [0.05, 0.1) is 17.2 Å². The summed E-state index contributed by atoms with van der Waals surface area (Å²) < 4.78 is 34.4. The molecule has 0 saturated heterocycles. The van der Waals surface area contributed by atoms with Gasteiger partial charge in [0.2, 0.25) is 15.9 Å². The molecule has 4 rings (SSSR count). The molecule has 39 heavy (non-hydrogen) atoms. The number of anilines is 1. The van der Waals surface area contributed by atoms with Gasteiger partial charge < -0.3 is 10.1 Å². The van der Waals surface area contributed by atoms with Crippen LogP contribution in [0.1, 0.15) is 28.4 Å². The Labute approximate surface area is 232 Å². The van der Waals surface area contributed by atoms with E-state index in [-0.39, 0.29) is 28.4 Å². The topological polar surface area (TPSA) is 102 Å². The molecule has 0 aliphatic rings. The van der Waals surface area contributed by atoms with Crippen molar-refractivity contribution < 1.29 is 22.7 Å². The highest BCUT2D eigenvalue weighted by molar-refractivity contribution is 7.89. The van der Waals surface area contributed by atoms with Crippen molar-refractivity contribution in [3.63, 3.8) is 0 Å². The van der Waals surface area contributed by atoms with Crippen LogP contribution < -0.4 is 14.8 Å². The van der Waals surface area contributed by atoms with Gasteiger partial charge in [0, 0.05) is 16.1 Å². The van der Waals surface area contributed by atoms with E-state index in [2.05, 4.69) is 10.0 Å². The second kappa shape index (κ2) is 12.7. The molecule has 4 aromatic carbocycles. The zero-order chi connectivity index (χ0) is 27.8. The van der Waals surface area contributed by atoms with Gasteiger partial charge in [0.25, 0.3) is 0 Å². The zero-order valence-corrected chi connectivity index (χ0v) is 22.7. The maximum atomic E-state index is 13.6. The fraction of sp³-hybridized carbons (Fsp3) is 0.133. The van der Waals surface area contributed by atoms with Crippen LogP contribution in [0.25, 0.3) is 0 Å². The van der Waals surface area contributed by atoms with Gasteiger partial charge >= 0.3 is 0 Å². The number of sulfonamides is 1. The Hall–Kier alpha value is -3.98. The van der Waals surface area contributed by atoms with Gasteiger partial charge in [-0.05, 0) is 61.4 Å². The second-order valence-corrected chi connectivity index (χ2v) is 10.8. The minimum atomic E-state index is -4.08. The lowest BCUT2D eigenvalue weighted by Crippen LogP contribution is -2.45. The van der Waals surface area contributed by atoms with Crippen LogP contribution in [-0.2, 0) is 21.2 Å². The molecule has 0 aliphatic heterocycles. The summed E-state index contributed by atoms with van der Waals surface area (Å²) in [7, 11) is -4.08. The fourth-order valence-corrected chi connectivity index (χ4v) is 5.32. The molecule has 200 valence electrons. The molecule has 1 amide bonds.